The van der Waals surface area contributed by atoms with Gasteiger partial charge in [-0.05, 0) is 26.9 Å². The average Bonchev–Trinajstić information content (AvgIpc) is 2.44. The molecule has 1 aliphatic heterocycles. The van der Waals surface area contributed by atoms with Gasteiger partial charge in [-0.15, -0.1) is 0 Å². The second kappa shape index (κ2) is 7.02. The molecular weight excluding hydrogens is 238 g/mol. The Hall–Kier alpha value is -0.160. The van der Waals surface area contributed by atoms with Gasteiger partial charge in [0.15, 0.2) is 0 Å². The Labute approximate surface area is 118 Å². The SMILES string of the molecule is CN1CCN(C)C(CNCC2(CO)CCCCC2)C1. The van der Waals surface area contributed by atoms with Gasteiger partial charge in [0, 0.05) is 50.8 Å². The van der Waals surface area contributed by atoms with E-state index in [-0.39, 0.29) is 5.41 Å². The number of aliphatic hydroxyl groups is 1. The number of rotatable bonds is 5. The first kappa shape index (κ1) is 15.2. The molecule has 0 aromatic carbocycles. The molecule has 2 N–H and O–H groups in total. The van der Waals surface area contributed by atoms with Gasteiger partial charge in [-0.1, -0.05) is 19.3 Å². The molecular formula is C15H31N3O. The molecule has 1 atom stereocenters. The van der Waals surface area contributed by atoms with Crippen LogP contribution < -0.4 is 5.32 Å². The Balaban J connectivity index is 1.75. The van der Waals surface area contributed by atoms with Crippen LogP contribution in [0.2, 0.25) is 0 Å². The Morgan fingerprint density at radius 2 is 1.89 bits per heavy atom. The summed E-state index contributed by atoms with van der Waals surface area (Å²) in [7, 11) is 4.43. The minimum Gasteiger partial charge on any atom is -0.396 e. The van der Waals surface area contributed by atoms with Crippen LogP contribution in [0.15, 0.2) is 0 Å². The predicted molar refractivity (Wildman–Crippen MR) is 79.4 cm³/mol. The molecule has 0 aromatic rings. The first-order valence-electron chi connectivity index (χ1n) is 7.86. The maximum absolute atomic E-state index is 9.71. The van der Waals surface area contributed by atoms with Crippen LogP contribution in [0.3, 0.4) is 0 Å². The zero-order valence-corrected chi connectivity index (χ0v) is 12.7. The summed E-state index contributed by atoms with van der Waals surface area (Å²) >= 11 is 0. The lowest BCUT2D eigenvalue weighted by molar-refractivity contribution is 0.0725. The summed E-state index contributed by atoms with van der Waals surface area (Å²) in [6, 6.07) is 0.609. The summed E-state index contributed by atoms with van der Waals surface area (Å²) in [5.41, 5.74) is 0.164. The standard InChI is InChI=1S/C15H31N3O/c1-17-8-9-18(2)14(11-17)10-16-12-15(13-19)6-4-3-5-7-15/h14,16,19H,3-13H2,1-2H3. The van der Waals surface area contributed by atoms with E-state index in [0.29, 0.717) is 12.6 Å². The highest BCUT2D eigenvalue weighted by molar-refractivity contribution is 4.86. The molecule has 1 saturated heterocycles. The van der Waals surface area contributed by atoms with E-state index in [9.17, 15) is 5.11 Å². The molecule has 0 radical (unpaired) electrons. The van der Waals surface area contributed by atoms with E-state index in [1.807, 2.05) is 0 Å². The van der Waals surface area contributed by atoms with Crippen molar-refractivity contribution in [3.05, 3.63) is 0 Å². The number of aliphatic hydroxyl groups excluding tert-OH is 1. The van der Waals surface area contributed by atoms with Gasteiger partial charge < -0.3 is 15.3 Å². The average molecular weight is 269 g/mol. The zero-order valence-electron chi connectivity index (χ0n) is 12.7. The number of nitrogens with one attached hydrogen (secondary N) is 1. The fourth-order valence-corrected chi connectivity index (χ4v) is 3.52. The lowest BCUT2D eigenvalue weighted by Gasteiger charge is -2.40. The number of hydrogen-bond donors (Lipinski definition) is 2. The van der Waals surface area contributed by atoms with E-state index in [4.69, 9.17) is 0 Å². The molecule has 0 spiro atoms. The highest BCUT2D eigenvalue weighted by Gasteiger charge is 2.31. The molecule has 1 saturated carbocycles. The summed E-state index contributed by atoms with van der Waals surface area (Å²) < 4.78 is 0. The van der Waals surface area contributed by atoms with Crippen molar-refractivity contribution in [3.8, 4) is 0 Å². The second-order valence-electron chi connectivity index (χ2n) is 6.75. The third-order valence-corrected chi connectivity index (χ3v) is 5.11. The second-order valence-corrected chi connectivity index (χ2v) is 6.75. The largest absolute Gasteiger partial charge is 0.396 e. The van der Waals surface area contributed by atoms with E-state index in [1.54, 1.807) is 0 Å². The van der Waals surface area contributed by atoms with Crippen molar-refractivity contribution in [3.63, 3.8) is 0 Å². The van der Waals surface area contributed by atoms with Gasteiger partial charge in [0.05, 0.1) is 0 Å². The lowest BCUT2D eigenvalue weighted by atomic mass is 9.74. The third kappa shape index (κ3) is 4.15. The first-order valence-corrected chi connectivity index (χ1v) is 7.86. The molecule has 0 aromatic heterocycles. The number of hydrogen-bond acceptors (Lipinski definition) is 4. The van der Waals surface area contributed by atoms with Gasteiger partial charge >= 0.3 is 0 Å². The van der Waals surface area contributed by atoms with Crippen molar-refractivity contribution in [1.29, 1.82) is 0 Å². The van der Waals surface area contributed by atoms with E-state index in [2.05, 4.69) is 29.2 Å². The normalized spacial score (nSPS) is 29.5. The monoisotopic (exact) mass is 269 g/mol. The van der Waals surface area contributed by atoms with Gasteiger partial charge in [-0.2, -0.15) is 0 Å². The van der Waals surface area contributed by atoms with Crippen molar-refractivity contribution < 1.29 is 5.11 Å². The van der Waals surface area contributed by atoms with Crippen LogP contribution in [0.1, 0.15) is 32.1 Å². The Kier molecular flexibility index (Phi) is 5.63. The smallest absolute Gasteiger partial charge is 0.0499 e. The fraction of sp³-hybridized carbons (Fsp3) is 1.00. The van der Waals surface area contributed by atoms with Crippen LogP contribution in [0.5, 0.6) is 0 Å². The lowest BCUT2D eigenvalue weighted by Crippen LogP contribution is -2.54. The molecule has 2 fully saturated rings. The minimum atomic E-state index is 0.164. The molecule has 19 heavy (non-hydrogen) atoms. The summed E-state index contributed by atoms with van der Waals surface area (Å²) in [5, 5.41) is 13.4. The third-order valence-electron chi connectivity index (χ3n) is 5.11. The molecule has 1 heterocycles. The Morgan fingerprint density at radius 3 is 2.58 bits per heavy atom. The first-order chi connectivity index (χ1) is 9.15. The summed E-state index contributed by atoms with van der Waals surface area (Å²) in [5.74, 6) is 0. The quantitative estimate of drug-likeness (QED) is 0.773. The van der Waals surface area contributed by atoms with E-state index in [0.717, 1.165) is 26.2 Å². The Morgan fingerprint density at radius 1 is 1.16 bits per heavy atom. The van der Waals surface area contributed by atoms with Crippen LogP contribution in [0.4, 0.5) is 0 Å². The fourth-order valence-electron chi connectivity index (χ4n) is 3.52. The maximum Gasteiger partial charge on any atom is 0.0499 e. The van der Waals surface area contributed by atoms with Gasteiger partial charge in [0.2, 0.25) is 0 Å². The van der Waals surface area contributed by atoms with Gasteiger partial charge in [-0.25, -0.2) is 0 Å². The highest BCUT2D eigenvalue weighted by Crippen LogP contribution is 2.35. The van der Waals surface area contributed by atoms with E-state index >= 15 is 0 Å². The van der Waals surface area contributed by atoms with Gasteiger partial charge in [0.25, 0.3) is 0 Å². The van der Waals surface area contributed by atoms with E-state index in [1.165, 1.54) is 38.6 Å². The van der Waals surface area contributed by atoms with Crippen molar-refractivity contribution in [1.82, 2.24) is 15.1 Å². The van der Waals surface area contributed by atoms with Crippen LogP contribution in [0, 0.1) is 5.41 Å². The molecule has 2 rings (SSSR count). The highest BCUT2D eigenvalue weighted by atomic mass is 16.3. The van der Waals surface area contributed by atoms with Crippen LogP contribution in [0.25, 0.3) is 0 Å². The summed E-state index contributed by atoms with van der Waals surface area (Å²) in [6.07, 6.45) is 6.30. The topological polar surface area (TPSA) is 38.7 Å². The predicted octanol–water partition coefficient (Wildman–Crippen LogP) is 0.765. The van der Waals surface area contributed by atoms with Crippen LogP contribution >= 0.6 is 0 Å². The number of nitrogens with zero attached hydrogens (tertiary/aromatic N) is 2. The van der Waals surface area contributed by atoms with Crippen LogP contribution in [-0.4, -0.2) is 74.4 Å². The maximum atomic E-state index is 9.71. The molecule has 4 nitrogen and oxygen atoms in total. The minimum absolute atomic E-state index is 0.164. The molecule has 1 aliphatic carbocycles. The Bertz CT molecular complexity index is 266. The van der Waals surface area contributed by atoms with Crippen molar-refractivity contribution in [2.75, 3.05) is 53.4 Å². The summed E-state index contributed by atoms with van der Waals surface area (Å²) in [4.78, 5) is 4.87. The molecule has 2 aliphatic rings. The zero-order chi connectivity index (χ0) is 13.7. The van der Waals surface area contributed by atoms with Crippen molar-refractivity contribution in [2.45, 2.75) is 38.1 Å². The van der Waals surface area contributed by atoms with Crippen molar-refractivity contribution in [2.24, 2.45) is 5.41 Å². The molecule has 112 valence electrons. The van der Waals surface area contributed by atoms with Gasteiger partial charge in [-0.3, -0.25) is 4.90 Å². The summed E-state index contributed by atoms with van der Waals surface area (Å²) in [6.45, 7) is 5.86. The molecule has 4 heteroatoms. The van der Waals surface area contributed by atoms with E-state index < -0.39 is 0 Å². The molecule has 0 bridgehead atoms. The van der Waals surface area contributed by atoms with Crippen molar-refractivity contribution >= 4 is 0 Å². The van der Waals surface area contributed by atoms with Crippen LogP contribution in [-0.2, 0) is 0 Å². The molecule has 0 amide bonds. The molecule has 1 unspecified atom stereocenters. The van der Waals surface area contributed by atoms with Gasteiger partial charge in [0.1, 0.15) is 0 Å². The number of piperazine rings is 1. The number of likely N-dealkylation sites (N-methyl/N-ethyl adjacent to an activating group) is 2.